The van der Waals surface area contributed by atoms with Crippen LogP contribution in [0.5, 0.6) is 5.75 Å². The summed E-state index contributed by atoms with van der Waals surface area (Å²) in [5.74, 6) is -8.67. The van der Waals surface area contributed by atoms with Crippen molar-refractivity contribution in [3.05, 3.63) is 98.5 Å². The van der Waals surface area contributed by atoms with Crippen LogP contribution >= 0.6 is 23.2 Å². The molecule has 0 radical (unpaired) electrons. The molecule has 0 aliphatic heterocycles. The normalized spacial score (nSPS) is 11.4. The Balaban J connectivity index is 1.65. The highest BCUT2D eigenvalue weighted by atomic mass is 35.5. The number of halogens is 6. The Hall–Kier alpha value is -3.30. The number of carbonyl (C=O) groups excluding carboxylic acids is 1. The second kappa shape index (κ2) is 9.88. The van der Waals surface area contributed by atoms with E-state index in [2.05, 4.69) is 5.16 Å². The highest BCUT2D eigenvalue weighted by Gasteiger charge is 2.20. The second-order valence-electron chi connectivity index (χ2n) is 6.26. The molecule has 0 aliphatic carbocycles. The molecule has 0 saturated carbocycles. The third kappa shape index (κ3) is 5.30. The lowest BCUT2D eigenvalue weighted by Crippen LogP contribution is -2.15. The van der Waals surface area contributed by atoms with Crippen molar-refractivity contribution in [2.24, 2.45) is 10.9 Å². The summed E-state index contributed by atoms with van der Waals surface area (Å²) in [6.45, 7) is -0.424. The summed E-state index contributed by atoms with van der Waals surface area (Å²) >= 11 is 11.8. The number of hydrogen-bond acceptors (Lipinski definition) is 4. The van der Waals surface area contributed by atoms with Gasteiger partial charge in [-0.25, -0.2) is 13.6 Å². The van der Waals surface area contributed by atoms with E-state index in [-0.39, 0.29) is 22.5 Å². The molecule has 3 aromatic rings. The molecule has 3 aromatic carbocycles. The average molecular weight is 487 g/mol. The van der Waals surface area contributed by atoms with Gasteiger partial charge in [-0.2, -0.15) is 8.78 Å². The third-order valence-corrected chi connectivity index (χ3v) is 4.63. The van der Waals surface area contributed by atoms with E-state index in [0.717, 1.165) is 0 Å². The van der Waals surface area contributed by atoms with Gasteiger partial charge in [0.1, 0.15) is 6.61 Å². The number of nitrogens with zero attached hydrogens (tertiary/aromatic N) is 1. The van der Waals surface area contributed by atoms with Gasteiger partial charge in [0.2, 0.25) is 11.6 Å². The molecule has 166 valence electrons. The zero-order valence-electron chi connectivity index (χ0n) is 15.8. The molecule has 0 heterocycles. The topological polar surface area (TPSA) is 73.9 Å². The van der Waals surface area contributed by atoms with E-state index in [1.54, 1.807) is 0 Å². The molecule has 0 bridgehead atoms. The number of oxime groups is 1. The van der Waals surface area contributed by atoms with Crippen LogP contribution in [0.2, 0.25) is 10.0 Å². The maximum atomic E-state index is 13.6. The standard InChI is InChI=1S/C21H12Cl2F4N2O3/c22-12-5-6-13(14(23)7-12)20(28)29-32-21(30)11-3-1-10(2-4-11)9-31-19-17(26)15(24)8-16(25)18(19)27/h1-8H,9H2,(H2,28,29). The fraction of sp³-hybridized carbons (Fsp3) is 0.0476. The number of rotatable bonds is 6. The Morgan fingerprint density at radius 3 is 2.16 bits per heavy atom. The van der Waals surface area contributed by atoms with E-state index in [1.807, 2.05) is 0 Å². The number of nitrogens with two attached hydrogens (primary N) is 1. The van der Waals surface area contributed by atoms with Gasteiger partial charge in [0.15, 0.2) is 23.2 Å². The van der Waals surface area contributed by atoms with Gasteiger partial charge in [0.05, 0.1) is 10.6 Å². The molecule has 0 spiro atoms. The fourth-order valence-electron chi connectivity index (χ4n) is 2.46. The molecule has 0 aromatic heterocycles. The van der Waals surface area contributed by atoms with Crippen LogP contribution in [-0.4, -0.2) is 11.8 Å². The number of ether oxygens (including phenoxy) is 1. The molecular formula is C21H12Cl2F4N2O3. The van der Waals surface area contributed by atoms with E-state index in [1.165, 1.54) is 42.5 Å². The zero-order valence-corrected chi connectivity index (χ0v) is 17.4. The maximum Gasteiger partial charge on any atom is 0.365 e. The van der Waals surface area contributed by atoms with Gasteiger partial charge in [0, 0.05) is 16.7 Å². The van der Waals surface area contributed by atoms with Crippen LogP contribution in [-0.2, 0) is 11.4 Å². The molecule has 0 fully saturated rings. The summed E-state index contributed by atoms with van der Waals surface area (Å²) in [6, 6.07) is 9.96. The third-order valence-electron chi connectivity index (χ3n) is 4.08. The molecule has 11 heteroatoms. The summed E-state index contributed by atoms with van der Waals surface area (Å²) in [5.41, 5.74) is 6.48. The van der Waals surface area contributed by atoms with E-state index in [9.17, 15) is 22.4 Å². The van der Waals surface area contributed by atoms with Gasteiger partial charge in [-0.3, -0.25) is 0 Å². The summed E-state index contributed by atoms with van der Waals surface area (Å²) < 4.78 is 58.5. The minimum absolute atomic E-state index is 0.0710. The number of amidine groups is 1. The molecule has 32 heavy (non-hydrogen) atoms. The van der Waals surface area contributed by atoms with Crippen molar-refractivity contribution in [2.75, 3.05) is 0 Å². The first-order chi connectivity index (χ1) is 15.2. The summed E-state index contributed by atoms with van der Waals surface area (Å²) in [7, 11) is 0. The first-order valence-corrected chi connectivity index (χ1v) is 9.48. The van der Waals surface area contributed by atoms with Crippen LogP contribution in [0.15, 0.2) is 53.7 Å². The van der Waals surface area contributed by atoms with Crippen molar-refractivity contribution < 1.29 is 31.9 Å². The molecule has 2 N–H and O–H groups in total. The summed E-state index contributed by atoms with van der Waals surface area (Å²) in [6.07, 6.45) is 0. The zero-order chi connectivity index (χ0) is 23.4. The van der Waals surface area contributed by atoms with Gasteiger partial charge in [0.25, 0.3) is 0 Å². The molecule has 0 aliphatic rings. The van der Waals surface area contributed by atoms with Gasteiger partial charge in [-0.05, 0) is 35.9 Å². The fourth-order valence-corrected chi connectivity index (χ4v) is 2.97. The maximum absolute atomic E-state index is 13.6. The number of benzene rings is 3. The van der Waals surface area contributed by atoms with Gasteiger partial charge in [-0.15, -0.1) is 0 Å². The van der Waals surface area contributed by atoms with Crippen molar-refractivity contribution in [3.8, 4) is 5.75 Å². The first-order valence-electron chi connectivity index (χ1n) is 8.72. The molecular weight excluding hydrogens is 475 g/mol. The minimum atomic E-state index is -1.65. The Labute approximate surface area is 188 Å². The number of carbonyl (C=O) groups is 1. The first kappa shape index (κ1) is 23.4. The highest BCUT2D eigenvalue weighted by molar-refractivity contribution is 6.36. The van der Waals surface area contributed by atoms with Crippen molar-refractivity contribution in [3.63, 3.8) is 0 Å². The summed E-state index contributed by atoms with van der Waals surface area (Å²) in [5, 5.41) is 4.14. The van der Waals surface area contributed by atoms with Crippen molar-refractivity contribution in [1.29, 1.82) is 0 Å². The summed E-state index contributed by atoms with van der Waals surface area (Å²) in [4.78, 5) is 16.9. The molecule has 0 amide bonds. The number of hydrogen-bond donors (Lipinski definition) is 1. The van der Waals surface area contributed by atoms with Crippen LogP contribution in [0.1, 0.15) is 21.5 Å². The largest absolute Gasteiger partial charge is 0.483 e. The van der Waals surface area contributed by atoms with Gasteiger partial charge < -0.3 is 15.3 Å². The SMILES string of the molecule is N/C(=N\OC(=O)c1ccc(COc2c(F)c(F)cc(F)c2F)cc1)c1ccc(Cl)cc1Cl. The minimum Gasteiger partial charge on any atom is -0.483 e. The van der Waals surface area contributed by atoms with Crippen LogP contribution in [0, 0.1) is 23.3 Å². The smallest absolute Gasteiger partial charge is 0.365 e. The van der Waals surface area contributed by atoms with Crippen molar-refractivity contribution >= 4 is 35.0 Å². The van der Waals surface area contributed by atoms with Gasteiger partial charge >= 0.3 is 5.97 Å². The molecule has 5 nitrogen and oxygen atoms in total. The quantitative estimate of drug-likeness (QED) is 0.123. The predicted octanol–water partition coefficient (Wildman–Crippen LogP) is 5.61. The second-order valence-corrected chi connectivity index (χ2v) is 7.11. The van der Waals surface area contributed by atoms with Crippen molar-refractivity contribution in [2.45, 2.75) is 6.61 Å². The monoisotopic (exact) mass is 486 g/mol. The van der Waals surface area contributed by atoms with E-state index in [0.29, 0.717) is 16.1 Å². The Bertz CT molecular complexity index is 1180. The average Bonchev–Trinajstić information content (AvgIpc) is 2.76. The van der Waals surface area contributed by atoms with E-state index >= 15 is 0 Å². The highest BCUT2D eigenvalue weighted by Crippen LogP contribution is 2.27. The Morgan fingerprint density at radius 1 is 0.938 bits per heavy atom. The van der Waals surface area contributed by atoms with Crippen LogP contribution in [0.25, 0.3) is 0 Å². The van der Waals surface area contributed by atoms with Crippen LogP contribution < -0.4 is 10.5 Å². The lowest BCUT2D eigenvalue weighted by Gasteiger charge is -2.10. The molecule has 0 atom stereocenters. The molecule has 0 unspecified atom stereocenters. The van der Waals surface area contributed by atoms with Crippen molar-refractivity contribution in [1.82, 2.24) is 0 Å². The lowest BCUT2D eigenvalue weighted by molar-refractivity contribution is 0.0516. The van der Waals surface area contributed by atoms with E-state index < -0.39 is 41.6 Å². The van der Waals surface area contributed by atoms with Crippen LogP contribution in [0.4, 0.5) is 17.6 Å². The Morgan fingerprint density at radius 2 is 1.56 bits per heavy atom. The lowest BCUT2D eigenvalue weighted by atomic mass is 10.1. The molecule has 0 saturated heterocycles. The van der Waals surface area contributed by atoms with E-state index in [4.69, 9.17) is 38.5 Å². The van der Waals surface area contributed by atoms with Gasteiger partial charge in [-0.1, -0.05) is 40.5 Å². The Kier molecular flexibility index (Phi) is 7.22. The predicted molar refractivity (Wildman–Crippen MR) is 110 cm³/mol. The molecule has 3 rings (SSSR count). The van der Waals surface area contributed by atoms with Crippen LogP contribution in [0.3, 0.4) is 0 Å².